The Balaban J connectivity index is 1.82. The van der Waals surface area contributed by atoms with Crippen LogP contribution in [0.25, 0.3) is 17.0 Å². The number of aromatic nitrogens is 2. The molecule has 7 nitrogen and oxygen atoms in total. The summed E-state index contributed by atoms with van der Waals surface area (Å²) in [5.41, 5.74) is 5.19. The SMILES string of the molecule is C#CCn1c(C)c(/C=c2\sc3n(c2=O)[C@@H](c2cc(Br)ccc2OC(C)C)C(C(=O)OC)=C(C)N=3)c2cc(C)ccc21. The highest BCUT2D eigenvalue weighted by Gasteiger charge is 2.35. The summed E-state index contributed by atoms with van der Waals surface area (Å²) < 4.78 is 16.3. The van der Waals surface area contributed by atoms with Crippen LogP contribution in [0.2, 0.25) is 0 Å². The molecule has 0 radical (unpaired) electrons. The van der Waals surface area contributed by atoms with Gasteiger partial charge in [-0.1, -0.05) is 44.8 Å². The number of thiazole rings is 1. The summed E-state index contributed by atoms with van der Waals surface area (Å²) in [5.74, 6) is 2.76. The highest BCUT2D eigenvalue weighted by atomic mass is 79.9. The van der Waals surface area contributed by atoms with Crippen LogP contribution in [0, 0.1) is 26.2 Å². The number of aryl methyl sites for hydroxylation is 1. The number of benzene rings is 2. The molecular weight excluding hydrogens is 602 g/mol. The molecule has 1 atom stereocenters. The van der Waals surface area contributed by atoms with Crippen molar-refractivity contribution >= 4 is 50.2 Å². The Morgan fingerprint density at radius 3 is 2.66 bits per heavy atom. The number of esters is 1. The molecule has 0 amide bonds. The molecule has 1 aliphatic heterocycles. The Morgan fingerprint density at radius 2 is 1.98 bits per heavy atom. The molecule has 9 heteroatoms. The minimum Gasteiger partial charge on any atom is -0.491 e. The molecule has 1 aliphatic rings. The van der Waals surface area contributed by atoms with E-state index in [1.165, 1.54) is 18.4 Å². The van der Waals surface area contributed by atoms with Crippen molar-refractivity contribution in [2.45, 2.75) is 53.3 Å². The van der Waals surface area contributed by atoms with Crippen molar-refractivity contribution in [1.29, 1.82) is 0 Å². The number of carbonyl (C=O) groups excluding carboxylic acids is 1. The number of halogens is 1. The highest BCUT2D eigenvalue weighted by Crippen LogP contribution is 2.38. The van der Waals surface area contributed by atoms with Crippen molar-refractivity contribution in [3.05, 3.63) is 94.2 Å². The van der Waals surface area contributed by atoms with Crippen molar-refractivity contribution in [3.63, 3.8) is 0 Å². The van der Waals surface area contributed by atoms with Crippen molar-refractivity contribution in [2.24, 2.45) is 4.99 Å². The third-order valence-corrected chi connectivity index (χ3v) is 8.58. The van der Waals surface area contributed by atoms with Crippen LogP contribution in [-0.4, -0.2) is 28.3 Å². The van der Waals surface area contributed by atoms with Crippen LogP contribution in [0.4, 0.5) is 0 Å². The topological polar surface area (TPSA) is 74.8 Å². The smallest absolute Gasteiger partial charge is 0.338 e. The Morgan fingerprint density at radius 1 is 1.22 bits per heavy atom. The van der Waals surface area contributed by atoms with Gasteiger partial charge in [-0.05, 0) is 71.0 Å². The first kappa shape index (κ1) is 28.7. The predicted molar refractivity (Wildman–Crippen MR) is 166 cm³/mol. The minimum absolute atomic E-state index is 0.121. The van der Waals surface area contributed by atoms with Gasteiger partial charge < -0.3 is 14.0 Å². The highest BCUT2D eigenvalue weighted by molar-refractivity contribution is 9.10. The van der Waals surface area contributed by atoms with Gasteiger partial charge in [-0.15, -0.1) is 6.42 Å². The van der Waals surface area contributed by atoms with E-state index in [9.17, 15) is 9.59 Å². The number of fused-ring (bicyclic) bond motifs is 2. The fourth-order valence-corrected chi connectivity index (χ4v) is 6.72. The first-order valence-electron chi connectivity index (χ1n) is 13.2. The van der Waals surface area contributed by atoms with Gasteiger partial charge in [-0.3, -0.25) is 9.36 Å². The number of rotatable bonds is 6. The van der Waals surface area contributed by atoms with Crippen LogP contribution in [0.15, 0.2) is 61.9 Å². The lowest BCUT2D eigenvalue weighted by molar-refractivity contribution is -0.136. The molecule has 4 aromatic rings. The van der Waals surface area contributed by atoms with Gasteiger partial charge in [0, 0.05) is 32.2 Å². The third kappa shape index (κ3) is 5.07. The summed E-state index contributed by atoms with van der Waals surface area (Å²) in [6.07, 6.45) is 7.48. The monoisotopic (exact) mass is 631 g/mol. The molecule has 41 heavy (non-hydrogen) atoms. The van der Waals surface area contributed by atoms with Gasteiger partial charge in [0.05, 0.1) is 35.6 Å². The Kier molecular flexibility index (Phi) is 7.82. The van der Waals surface area contributed by atoms with Gasteiger partial charge in [0.2, 0.25) is 0 Å². The molecule has 0 bridgehead atoms. The van der Waals surface area contributed by atoms with E-state index >= 15 is 0 Å². The number of terminal acetylenes is 1. The van der Waals surface area contributed by atoms with Crippen molar-refractivity contribution in [1.82, 2.24) is 9.13 Å². The van der Waals surface area contributed by atoms with Crippen LogP contribution >= 0.6 is 27.3 Å². The van der Waals surface area contributed by atoms with Crippen LogP contribution in [0.5, 0.6) is 5.75 Å². The number of carbonyl (C=O) groups is 1. The molecule has 0 fully saturated rings. The summed E-state index contributed by atoms with van der Waals surface area (Å²) in [6.45, 7) is 10.1. The Labute approximate surface area is 250 Å². The van der Waals surface area contributed by atoms with E-state index in [1.54, 1.807) is 11.5 Å². The normalized spacial score (nSPS) is 15.2. The molecule has 210 valence electrons. The van der Waals surface area contributed by atoms with Gasteiger partial charge in [-0.25, -0.2) is 9.79 Å². The second kappa shape index (κ2) is 11.2. The number of ether oxygens (including phenoxy) is 2. The van der Waals surface area contributed by atoms with Crippen LogP contribution in [0.1, 0.15) is 49.2 Å². The summed E-state index contributed by atoms with van der Waals surface area (Å²) in [6, 6.07) is 11.0. The van der Waals surface area contributed by atoms with Gasteiger partial charge in [0.25, 0.3) is 5.56 Å². The van der Waals surface area contributed by atoms with Gasteiger partial charge in [0.1, 0.15) is 11.8 Å². The Hall–Kier alpha value is -3.87. The van der Waals surface area contributed by atoms with E-state index in [-0.39, 0.29) is 17.2 Å². The number of hydrogen-bond donors (Lipinski definition) is 0. The van der Waals surface area contributed by atoms with Crippen molar-refractivity contribution in [2.75, 3.05) is 7.11 Å². The number of nitrogens with zero attached hydrogens (tertiary/aromatic N) is 3. The molecule has 2 aromatic heterocycles. The lowest BCUT2D eigenvalue weighted by Crippen LogP contribution is -2.40. The first-order valence-corrected chi connectivity index (χ1v) is 14.8. The van der Waals surface area contributed by atoms with E-state index in [0.717, 1.165) is 32.2 Å². The number of methoxy groups -OCH3 is 1. The van der Waals surface area contributed by atoms with E-state index in [0.29, 0.717) is 32.9 Å². The maximum Gasteiger partial charge on any atom is 0.338 e. The van der Waals surface area contributed by atoms with Crippen LogP contribution in [0.3, 0.4) is 0 Å². The summed E-state index contributed by atoms with van der Waals surface area (Å²) in [5, 5.41) is 1.02. The van der Waals surface area contributed by atoms with E-state index < -0.39 is 12.0 Å². The maximum atomic E-state index is 14.2. The summed E-state index contributed by atoms with van der Waals surface area (Å²) in [7, 11) is 1.33. The van der Waals surface area contributed by atoms with Crippen LogP contribution in [-0.2, 0) is 16.1 Å². The Bertz CT molecular complexity index is 1970. The minimum atomic E-state index is -0.793. The summed E-state index contributed by atoms with van der Waals surface area (Å²) >= 11 is 4.85. The molecule has 0 aliphatic carbocycles. The van der Waals surface area contributed by atoms with E-state index in [1.807, 2.05) is 52.0 Å². The molecule has 0 unspecified atom stereocenters. The van der Waals surface area contributed by atoms with E-state index in [2.05, 4.69) is 44.6 Å². The second-order valence-corrected chi connectivity index (χ2v) is 12.2. The average molecular weight is 633 g/mol. The fourth-order valence-electron chi connectivity index (χ4n) is 5.31. The quantitative estimate of drug-likeness (QED) is 0.218. The predicted octanol–water partition coefficient (Wildman–Crippen LogP) is 5.16. The molecule has 0 spiro atoms. The third-order valence-electron chi connectivity index (χ3n) is 7.11. The van der Waals surface area contributed by atoms with Gasteiger partial charge >= 0.3 is 5.97 Å². The first-order chi connectivity index (χ1) is 19.5. The number of allylic oxidation sites excluding steroid dienone is 1. The lowest BCUT2D eigenvalue weighted by Gasteiger charge is -2.26. The molecule has 2 aromatic carbocycles. The second-order valence-electron chi connectivity index (χ2n) is 10.2. The molecule has 0 N–H and O–H groups in total. The van der Waals surface area contributed by atoms with Crippen molar-refractivity contribution < 1.29 is 14.3 Å². The number of hydrogen-bond acceptors (Lipinski definition) is 6. The molecule has 0 saturated heterocycles. The van der Waals surface area contributed by atoms with Crippen LogP contribution < -0.4 is 19.6 Å². The zero-order valence-electron chi connectivity index (χ0n) is 23.7. The zero-order chi connectivity index (χ0) is 29.6. The molecule has 5 rings (SSSR count). The standard InChI is InChI=1S/C32H30BrN3O4S/c1-8-13-35-20(6)22(23-14-18(4)9-11-25(23)35)16-27-30(37)36-29(24-15-21(33)10-12-26(24)40-17(2)3)28(31(38)39-7)19(5)34-32(36)41-27/h1,9-12,14-17,29H,13H2,2-7H3/b27-16-/t29-/m0/s1. The van der Waals surface area contributed by atoms with Gasteiger partial charge in [0.15, 0.2) is 4.80 Å². The fraction of sp³-hybridized carbons (Fsp3) is 0.281. The summed E-state index contributed by atoms with van der Waals surface area (Å²) in [4.78, 5) is 32.6. The largest absolute Gasteiger partial charge is 0.491 e. The average Bonchev–Trinajstić information content (AvgIpc) is 3.36. The molecule has 0 saturated carbocycles. The van der Waals surface area contributed by atoms with Crippen molar-refractivity contribution in [3.8, 4) is 18.1 Å². The maximum absolute atomic E-state index is 14.2. The zero-order valence-corrected chi connectivity index (χ0v) is 26.1. The van der Waals surface area contributed by atoms with E-state index in [4.69, 9.17) is 20.9 Å². The van der Waals surface area contributed by atoms with Gasteiger partial charge in [-0.2, -0.15) is 0 Å². The lowest BCUT2D eigenvalue weighted by atomic mass is 9.95. The molecule has 3 heterocycles. The molecular formula is C32H30BrN3O4S.